The molecule has 0 bridgehead atoms. The average Bonchev–Trinajstić information content (AvgIpc) is 3.13. The SMILES string of the molecule is Cc1c(C(=O)N(C)CC2(O)CCCC2)nnn1-c1ccccc1Cl. The van der Waals surface area contributed by atoms with Gasteiger partial charge in [0.1, 0.15) is 0 Å². The van der Waals surface area contributed by atoms with E-state index in [4.69, 9.17) is 11.6 Å². The molecule has 0 radical (unpaired) electrons. The Hall–Kier alpha value is -1.92. The van der Waals surface area contributed by atoms with Crippen molar-refractivity contribution in [1.29, 1.82) is 0 Å². The molecule has 1 aliphatic rings. The van der Waals surface area contributed by atoms with Gasteiger partial charge in [-0.05, 0) is 31.9 Å². The number of likely N-dealkylation sites (N-methyl/N-ethyl adjacent to an activating group) is 1. The summed E-state index contributed by atoms with van der Waals surface area (Å²) < 4.78 is 1.56. The van der Waals surface area contributed by atoms with Gasteiger partial charge in [0.05, 0.1) is 22.0 Å². The van der Waals surface area contributed by atoms with Gasteiger partial charge in [-0.15, -0.1) is 5.10 Å². The molecular formula is C17H21ClN4O2. The lowest BCUT2D eigenvalue weighted by molar-refractivity contribution is 0.0154. The Kier molecular flexibility index (Phi) is 4.60. The molecule has 3 rings (SSSR count). The summed E-state index contributed by atoms with van der Waals surface area (Å²) in [7, 11) is 1.69. The Morgan fingerprint density at radius 3 is 2.71 bits per heavy atom. The summed E-state index contributed by atoms with van der Waals surface area (Å²) >= 11 is 6.20. The van der Waals surface area contributed by atoms with E-state index in [1.807, 2.05) is 18.2 Å². The van der Waals surface area contributed by atoms with Crippen LogP contribution in [0, 0.1) is 6.92 Å². The van der Waals surface area contributed by atoms with Gasteiger partial charge in [-0.3, -0.25) is 4.79 Å². The zero-order valence-corrected chi connectivity index (χ0v) is 14.6. The van der Waals surface area contributed by atoms with Crippen LogP contribution in [0.15, 0.2) is 24.3 Å². The molecule has 6 nitrogen and oxygen atoms in total. The molecule has 0 unspecified atom stereocenters. The minimum Gasteiger partial charge on any atom is -0.388 e. The van der Waals surface area contributed by atoms with Gasteiger partial charge in [0, 0.05) is 13.6 Å². The largest absolute Gasteiger partial charge is 0.388 e. The van der Waals surface area contributed by atoms with Crippen LogP contribution in [0.5, 0.6) is 0 Å². The monoisotopic (exact) mass is 348 g/mol. The number of carbonyl (C=O) groups excluding carboxylic acids is 1. The molecule has 0 atom stereocenters. The Bertz CT molecular complexity index is 753. The standard InChI is InChI=1S/C17H21ClN4O2/c1-12-15(16(23)21(2)11-17(24)9-5-6-10-17)19-20-22(12)14-8-4-3-7-13(14)18/h3-4,7-8,24H,5-6,9-11H2,1-2H3. The normalized spacial score (nSPS) is 16.3. The van der Waals surface area contributed by atoms with Crippen LogP contribution in [0.1, 0.15) is 41.9 Å². The Morgan fingerprint density at radius 1 is 1.38 bits per heavy atom. The fourth-order valence-corrected chi connectivity index (χ4v) is 3.48. The Morgan fingerprint density at radius 2 is 2.04 bits per heavy atom. The molecule has 0 aliphatic heterocycles. The first-order valence-electron chi connectivity index (χ1n) is 8.06. The van der Waals surface area contributed by atoms with E-state index < -0.39 is 5.60 Å². The van der Waals surface area contributed by atoms with Gasteiger partial charge in [0.15, 0.2) is 5.69 Å². The molecule has 1 N–H and O–H groups in total. The van der Waals surface area contributed by atoms with Crippen molar-refractivity contribution >= 4 is 17.5 Å². The predicted octanol–water partition coefficient (Wildman–Crippen LogP) is 2.61. The third kappa shape index (κ3) is 3.16. The van der Waals surface area contributed by atoms with Gasteiger partial charge >= 0.3 is 0 Å². The van der Waals surface area contributed by atoms with Gasteiger partial charge in [0.25, 0.3) is 5.91 Å². The van der Waals surface area contributed by atoms with E-state index in [0.29, 0.717) is 22.9 Å². The van der Waals surface area contributed by atoms with Crippen molar-refractivity contribution in [1.82, 2.24) is 19.9 Å². The first-order chi connectivity index (χ1) is 11.4. The first kappa shape index (κ1) is 16.9. The summed E-state index contributed by atoms with van der Waals surface area (Å²) in [6, 6.07) is 7.27. The number of rotatable bonds is 4. The van der Waals surface area contributed by atoms with Crippen molar-refractivity contribution in [3.63, 3.8) is 0 Å². The maximum Gasteiger partial charge on any atom is 0.276 e. The van der Waals surface area contributed by atoms with Crippen molar-refractivity contribution in [3.05, 3.63) is 40.7 Å². The van der Waals surface area contributed by atoms with Crippen LogP contribution in [-0.2, 0) is 0 Å². The second-order valence-corrected chi connectivity index (χ2v) is 6.89. The molecule has 1 fully saturated rings. The van der Waals surface area contributed by atoms with E-state index in [2.05, 4.69) is 10.3 Å². The number of para-hydroxylation sites is 1. The lowest BCUT2D eigenvalue weighted by Crippen LogP contribution is -2.42. The van der Waals surface area contributed by atoms with Crippen molar-refractivity contribution in [3.8, 4) is 5.69 Å². The van der Waals surface area contributed by atoms with Crippen LogP contribution in [0.3, 0.4) is 0 Å². The van der Waals surface area contributed by atoms with Crippen molar-refractivity contribution < 1.29 is 9.90 Å². The molecule has 128 valence electrons. The quantitative estimate of drug-likeness (QED) is 0.922. The summed E-state index contributed by atoms with van der Waals surface area (Å²) in [6.45, 7) is 2.10. The molecule has 0 spiro atoms. The van der Waals surface area contributed by atoms with Crippen LogP contribution < -0.4 is 0 Å². The van der Waals surface area contributed by atoms with Gasteiger partial charge in [0.2, 0.25) is 0 Å². The molecule has 1 amide bonds. The predicted molar refractivity (Wildman–Crippen MR) is 91.5 cm³/mol. The minimum absolute atomic E-state index is 0.244. The number of aromatic nitrogens is 3. The fraction of sp³-hybridized carbons (Fsp3) is 0.471. The summed E-state index contributed by atoms with van der Waals surface area (Å²) in [5.41, 5.74) is 0.800. The number of halogens is 1. The molecule has 2 aromatic rings. The molecule has 1 heterocycles. The maximum absolute atomic E-state index is 12.7. The fourth-order valence-electron chi connectivity index (χ4n) is 3.26. The number of carbonyl (C=O) groups is 1. The highest BCUT2D eigenvalue weighted by Crippen LogP contribution is 2.30. The zero-order valence-electron chi connectivity index (χ0n) is 13.9. The lowest BCUT2D eigenvalue weighted by Gasteiger charge is -2.28. The molecule has 1 aromatic heterocycles. The van der Waals surface area contributed by atoms with E-state index >= 15 is 0 Å². The van der Waals surface area contributed by atoms with Gasteiger partial charge in [-0.2, -0.15) is 0 Å². The third-order valence-corrected chi connectivity index (χ3v) is 4.91. The lowest BCUT2D eigenvalue weighted by atomic mass is 10.0. The van der Waals surface area contributed by atoms with Gasteiger partial charge < -0.3 is 10.0 Å². The third-order valence-electron chi connectivity index (χ3n) is 4.59. The second kappa shape index (κ2) is 6.53. The average molecular weight is 349 g/mol. The Labute approximate surface area is 146 Å². The Balaban J connectivity index is 1.82. The van der Waals surface area contributed by atoms with Crippen LogP contribution in [0.25, 0.3) is 5.69 Å². The number of hydrogen-bond donors (Lipinski definition) is 1. The van der Waals surface area contributed by atoms with Crippen LogP contribution in [0.2, 0.25) is 5.02 Å². The van der Waals surface area contributed by atoms with Crippen molar-refractivity contribution in [2.24, 2.45) is 0 Å². The van der Waals surface area contributed by atoms with Crippen LogP contribution in [0.4, 0.5) is 0 Å². The maximum atomic E-state index is 12.7. The summed E-state index contributed by atoms with van der Waals surface area (Å²) in [5, 5.41) is 19.1. The molecule has 7 heteroatoms. The molecule has 1 aromatic carbocycles. The van der Waals surface area contributed by atoms with E-state index in [9.17, 15) is 9.90 Å². The minimum atomic E-state index is -0.781. The van der Waals surface area contributed by atoms with Gasteiger partial charge in [-0.25, -0.2) is 4.68 Å². The highest BCUT2D eigenvalue weighted by Gasteiger charge is 2.34. The van der Waals surface area contributed by atoms with E-state index in [1.165, 1.54) is 4.90 Å². The second-order valence-electron chi connectivity index (χ2n) is 6.48. The van der Waals surface area contributed by atoms with Crippen LogP contribution in [-0.4, -0.2) is 50.1 Å². The van der Waals surface area contributed by atoms with Crippen molar-refractivity contribution in [2.75, 3.05) is 13.6 Å². The highest BCUT2D eigenvalue weighted by molar-refractivity contribution is 6.32. The topological polar surface area (TPSA) is 71.2 Å². The summed E-state index contributed by atoms with van der Waals surface area (Å²) in [4.78, 5) is 14.2. The number of nitrogens with zero attached hydrogens (tertiary/aromatic N) is 4. The number of amides is 1. The van der Waals surface area contributed by atoms with E-state index in [-0.39, 0.29) is 11.6 Å². The van der Waals surface area contributed by atoms with E-state index in [1.54, 1.807) is 24.7 Å². The summed E-state index contributed by atoms with van der Waals surface area (Å²) in [6.07, 6.45) is 3.46. The molecule has 1 saturated carbocycles. The molecule has 24 heavy (non-hydrogen) atoms. The van der Waals surface area contributed by atoms with Crippen molar-refractivity contribution in [2.45, 2.75) is 38.2 Å². The van der Waals surface area contributed by atoms with E-state index in [0.717, 1.165) is 25.7 Å². The highest BCUT2D eigenvalue weighted by atomic mass is 35.5. The summed E-state index contributed by atoms with van der Waals surface area (Å²) in [5.74, 6) is -0.244. The molecular weight excluding hydrogens is 328 g/mol. The number of benzene rings is 1. The van der Waals surface area contributed by atoms with Crippen LogP contribution >= 0.6 is 11.6 Å². The number of hydrogen-bond acceptors (Lipinski definition) is 4. The smallest absolute Gasteiger partial charge is 0.276 e. The van der Waals surface area contributed by atoms with Gasteiger partial charge in [-0.1, -0.05) is 41.8 Å². The first-order valence-corrected chi connectivity index (χ1v) is 8.44. The molecule has 1 aliphatic carbocycles. The zero-order chi connectivity index (χ0) is 17.3. The number of aliphatic hydroxyl groups is 1. The molecule has 0 saturated heterocycles.